The molecule has 2 aromatic heterocycles. The van der Waals surface area contributed by atoms with Crippen molar-refractivity contribution in [1.82, 2.24) is 20.5 Å². The minimum Gasteiger partial charge on any atom is -0.489 e. The van der Waals surface area contributed by atoms with E-state index >= 15 is 0 Å². The number of hydrogen-bond donors (Lipinski definition) is 1. The van der Waals surface area contributed by atoms with Crippen LogP contribution < -0.4 is 10.1 Å². The highest BCUT2D eigenvalue weighted by molar-refractivity contribution is 7.14. The molecule has 2 heterocycles. The standard InChI is InChI=1S/C31H31FN4O5S/c1-3-4-5-9-25(23-12-15-26(32)33-17-23)28(37)29(38)34-18-27-35-36-30(42-27)21-10-13-24(14-11-21)41-19-20-7-6-8-22(16-20)31(39)40-2/h6-8,10-17,25H,3-5,9,18-19H2,1-2H3,(H,34,38). The van der Waals surface area contributed by atoms with Gasteiger partial charge in [0.05, 0.1) is 25.1 Å². The van der Waals surface area contributed by atoms with Crippen LogP contribution in [0.25, 0.3) is 10.6 Å². The summed E-state index contributed by atoms with van der Waals surface area (Å²) in [6, 6.07) is 17.1. The zero-order valence-corrected chi connectivity index (χ0v) is 24.2. The number of esters is 1. The van der Waals surface area contributed by atoms with E-state index in [-0.39, 0.29) is 13.2 Å². The lowest BCUT2D eigenvalue weighted by atomic mass is 9.90. The highest BCUT2D eigenvalue weighted by atomic mass is 32.1. The van der Waals surface area contributed by atoms with Crippen molar-refractivity contribution in [1.29, 1.82) is 0 Å². The fraction of sp³-hybridized carbons (Fsp3) is 0.290. The first-order chi connectivity index (χ1) is 20.4. The summed E-state index contributed by atoms with van der Waals surface area (Å²) in [6.45, 7) is 2.39. The van der Waals surface area contributed by atoms with Gasteiger partial charge in [0.15, 0.2) is 0 Å². The third-order valence-electron chi connectivity index (χ3n) is 6.51. The van der Waals surface area contributed by atoms with Gasteiger partial charge in [0.2, 0.25) is 11.7 Å². The molecule has 0 aliphatic carbocycles. The Morgan fingerprint density at radius 2 is 1.83 bits per heavy atom. The molecule has 0 bridgehead atoms. The van der Waals surface area contributed by atoms with Gasteiger partial charge in [0.1, 0.15) is 22.4 Å². The number of methoxy groups -OCH3 is 1. The second-order valence-corrected chi connectivity index (χ2v) is 10.6. The van der Waals surface area contributed by atoms with Crippen molar-refractivity contribution in [2.45, 2.75) is 51.7 Å². The van der Waals surface area contributed by atoms with E-state index < -0.39 is 29.5 Å². The Labute approximate surface area is 247 Å². The van der Waals surface area contributed by atoms with Gasteiger partial charge in [-0.2, -0.15) is 4.39 Å². The van der Waals surface area contributed by atoms with E-state index in [2.05, 4.69) is 27.4 Å². The van der Waals surface area contributed by atoms with Crippen LogP contribution in [0.4, 0.5) is 4.39 Å². The Morgan fingerprint density at radius 3 is 2.55 bits per heavy atom. The van der Waals surface area contributed by atoms with Crippen molar-refractivity contribution in [2.75, 3.05) is 7.11 Å². The fourth-order valence-electron chi connectivity index (χ4n) is 4.25. The van der Waals surface area contributed by atoms with Crippen LogP contribution >= 0.6 is 11.3 Å². The summed E-state index contributed by atoms with van der Waals surface area (Å²) >= 11 is 1.30. The first-order valence-electron chi connectivity index (χ1n) is 13.5. The number of benzene rings is 2. The summed E-state index contributed by atoms with van der Waals surface area (Å²) in [6.07, 6.45) is 4.45. The summed E-state index contributed by atoms with van der Waals surface area (Å²) in [4.78, 5) is 41.1. The number of unbranched alkanes of at least 4 members (excludes halogenated alkanes) is 2. The van der Waals surface area contributed by atoms with Crippen LogP contribution in [-0.2, 0) is 27.5 Å². The lowest BCUT2D eigenvalue weighted by Crippen LogP contribution is -2.34. The molecule has 4 aromatic rings. The van der Waals surface area contributed by atoms with Crippen LogP contribution in [0.2, 0.25) is 0 Å². The third kappa shape index (κ3) is 8.26. The largest absolute Gasteiger partial charge is 0.489 e. The van der Waals surface area contributed by atoms with Crippen LogP contribution in [0.15, 0.2) is 66.9 Å². The van der Waals surface area contributed by atoms with Gasteiger partial charge >= 0.3 is 5.97 Å². The summed E-state index contributed by atoms with van der Waals surface area (Å²) in [5.74, 6) is -2.40. The number of hydrogen-bond acceptors (Lipinski definition) is 9. The number of ketones is 1. The molecule has 0 fully saturated rings. The molecule has 1 N–H and O–H groups in total. The molecule has 0 saturated carbocycles. The van der Waals surface area contributed by atoms with E-state index in [1.54, 1.807) is 18.2 Å². The molecule has 0 saturated heterocycles. The Kier molecular flexibility index (Phi) is 10.8. The molecule has 0 aliphatic rings. The minimum absolute atomic E-state index is 0.0530. The predicted molar refractivity (Wildman–Crippen MR) is 155 cm³/mol. The second kappa shape index (κ2) is 14.9. The van der Waals surface area contributed by atoms with Crippen LogP contribution in [0.3, 0.4) is 0 Å². The molecule has 0 radical (unpaired) electrons. The maximum Gasteiger partial charge on any atom is 0.337 e. The SMILES string of the molecule is CCCCCC(C(=O)C(=O)NCc1nnc(-c2ccc(OCc3cccc(C(=O)OC)c3)cc2)s1)c1ccc(F)nc1. The van der Waals surface area contributed by atoms with E-state index in [1.807, 2.05) is 30.3 Å². The monoisotopic (exact) mass is 590 g/mol. The Hall–Kier alpha value is -4.51. The average molecular weight is 591 g/mol. The summed E-state index contributed by atoms with van der Waals surface area (Å²) in [5.41, 5.74) is 2.63. The number of carbonyl (C=O) groups excluding carboxylic acids is 3. The molecule has 1 amide bonds. The van der Waals surface area contributed by atoms with Crippen LogP contribution in [0, 0.1) is 5.95 Å². The first kappa shape index (κ1) is 30.4. The number of carbonyl (C=O) groups is 3. The summed E-state index contributed by atoms with van der Waals surface area (Å²) in [7, 11) is 1.34. The van der Waals surface area contributed by atoms with Gasteiger partial charge < -0.3 is 14.8 Å². The van der Waals surface area contributed by atoms with Gasteiger partial charge in [-0.05, 0) is 60.0 Å². The topological polar surface area (TPSA) is 120 Å². The van der Waals surface area contributed by atoms with E-state index in [4.69, 9.17) is 9.47 Å². The lowest BCUT2D eigenvalue weighted by molar-refractivity contribution is -0.139. The van der Waals surface area contributed by atoms with Gasteiger partial charge in [0, 0.05) is 11.8 Å². The van der Waals surface area contributed by atoms with Crippen LogP contribution in [-0.4, -0.2) is 40.0 Å². The fourth-order valence-corrected chi connectivity index (χ4v) is 5.04. The Balaban J connectivity index is 1.32. The Morgan fingerprint density at radius 1 is 1.02 bits per heavy atom. The average Bonchev–Trinajstić information content (AvgIpc) is 3.50. The molecule has 1 unspecified atom stereocenters. The smallest absolute Gasteiger partial charge is 0.337 e. The number of nitrogens with one attached hydrogen (secondary N) is 1. The van der Waals surface area contributed by atoms with E-state index in [9.17, 15) is 18.8 Å². The van der Waals surface area contributed by atoms with E-state index in [1.165, 1.54) is 36.8 Å². The lowest BCUT2D eigenvalue weighted by Gasteiger charge is -2.15. The molecule has 11 heteroatoms. The number of halogens is 1. The van der Waals surface area contributed by atoms with Crippen molar-refractivity contribution in [3.63, 3.8) is 0 Å². The van der Waals surface area contributed by atoms with Gasteiger partial charge in [-0.1, -0.05) is 55.7 Å². The van der Waals surface area contributed by atoms with Crippen LogP contribution in [0.5, 0.6) is 5.75 Å². The molecule has 1 atom stereocenters. The number of ether oxygens (including phenoxy) is 2. The van der Waals surface area contributed by atoms with Gasteiger partial charge in [-0.15, -0.1) is 10.2 Å². The molecule has 4 rings (SSSR count). The molecular weight excluding hydrogens is 559 g/mol. The van der Waals surface area contributed by atoms with E-state index in [0.29, 0.717) is 33.3 Å². The maximum atomic E-state index is 13.3. The van der Waals surface area contributed by atoms with Gasteiger partial charge in [-0.25, -0.2) is 9.78 Å². The maximum absolute atomic E-state index is 13.3. The molecule has 42 heavy (non-hydrogen) atoms. The molecule has 9 nitrogen and oxygen atoms in total. The number of nitrogens with zero attached hydrogens (tertiary/aromatic N) is 3. The van der Waals surface area contributed by atoms with E-state index in [0.717, 1.165) is 30.4 Å². The van der Waals surface area contributed by atoms with Crippen LogP contribution in [0.1, 0.15) is 65.0 Å². The third-order valence-corrected chi connectivity index (χ3v) is 7.48. The highest BCUT2D eigenvalue weighted by Gasteiger charge is 2.27. The van der Waals surface area contributed by atoms with Gasteiger partial charge in [0.25, 0.3) is 5.91 Å². The zero-order valence-electron chi connectivity index (χ0n) is 23.3. The number of pyridine rings is 1. The normalized spacial score (nSPS) is 11.5. The summed E-state index contributed by atoms with van der Waals surface area (Å²) < 4.78 is 23.9. The van der Waals surface area contributed by atoms with Crippen molar-refractivity contribution in [3.8, 4) is 16.3 Å². The minimum atomic E-state index is -0.726. The number of Topliss-reactive ketones (excluding diaryl/α,β-unsaturated/α-hetero) is 1. The molecule has 2 aromatic carbocycles. The molecule has 0 aliphatic heterocycles. The predicted octanol–water partition coefficient (Wildman–Crippen LogP) is 5.65. The molecule has 0 spiro atoms. The summed E-state index contributed by atoms with van der Waals surface area (Å²) in [5, 5.41) is 12.2. The second-order valence-electron chi connectivity index (χ2n) is 9.52. The van der Waals surface area contributed by atoms with Gasteiger partial charge in [-0.3, -0.25) is 9.59 Å². The van der Waals surface area contributed by atoms with Crippen molar-refractivity contribution in [3.05, 3.63) is 94.5 Å². The zero-order chi connectivity index (χ0) is 29.9. The van der Waals surface area contributed by atoms with Crippen molar-refractivity contribution >= 4 is 29.0 Å². The van der Waals surface area contributed by atoms with Crippen molar-refractivity contribution in [2.24, 2.45) is 0 Å². The Bertz CT molecular complexity index is 1510. The quantitative estimate of drug-likeness (QED) is 0.0865. The van der Waals surface area contributed by atoms with Crippen molar-refractivity contribution < 1.29 is 28.2 Å². The number of rotatable bonds is 14. The molecular formula is C31H31FN4O5S. The first-order valence-corrected chi connectivity index (χ1v) is 14.4. The number of aromatic nitrogens is 3. The highest BCUT2D eigenvalue weighted by Crippen LogP contribution is 2.27. The molecule has 218 valence electrons. The number of amides is 1.